The maximum Gasteiger partial charge on any atom is 0.251 e. The first-order valence-electron chi connectivity index (χ1n) is 8.61. The highest BCUT2D eigenvalue weighted by Crippen LogP contribution is 2.36. The van der Waals surface area contributed by atoms with Crippen molar-refractivity contribution in [2.24, 2.45) is 0 Å². The van der Waals surface area contributed by atoms with Crippen molar-refractivity contribution in [2.75, 3.05) is 13.7 Å². The molecule has 1 atom stereocenters. The Balaban J connectivity index is 1.53. The molecule has 8 nitrogen and oxygen atoms in total. The van der Waals surface area contributed by atoms with Crippen molar-refractivity contribution in [1.29, 1.82) is 0 Å². The molecule has 27 heavy (non-hydrogen) atoms. The van der Waals surface area contributed by atoms with Crippen molar-refractivity contribution in [3.05, 3.63) is 65.5 Å². The van der Waals surface area contributed by atoms with E-state index in [1.54, 1.807) is 18.2 Å². The molecule has 0 aliphatic heterocycles. The average Bonchev–Trinajstić information content (AvgIpc) is 3.35. The minimum atomic E-state index is -1.04. The second kappa shape index (κ2) is 6.81. The van der Waals surface area contributed by atoms with Gasteiger partial charge in [-0.05, 0) is 52.6 Å². The molecule has 1 aliphatic carbocycles. The number of aryl methyl sites for hydroxylation is 1. The van der Waals surface area contributed by atoms with Crippen LogP contribution >= 0.6 is 0 Å². The molecule has 1 aromatic heterocycles. The number of carbonyl (C=O) groups excluding carboxylic acids is 1. The molecule has 0 radical (unpaired) electrons. The molecule has 0 saturated heterocycles. The average molecular weight is 365 g/mol. The quantitative estimate of drug-likeness (QED) is 0.705. The number of aromatic nitrogens is 4. The number of fused-ring (bicyclic) bond motifs is 1. The van der Waals surface area contributed by atoms with Crippen molar-refractivity contribution >= 4 is 5.91 Å². The van der Waals surface area contributed by atoms with Gasteiger partial charge < -0.3 is 15.2 Å². The molecule has 1 unspecified atom stereocenters. The molecular formula is C19H19N5O3. The fraction of sp³-hybridized carbons (Fsp3) is 0.263. The van der Waals surface area contributed by atoms with E-state index in [4.69, 9.17) is 4.74 Å². The number of hydrogen-bond donors (Lipinski definition) is 2. The highest BCUT2D eigenvalue weighted by molar-refractivity contribution is 5.95. The molecule has 138 valence electrons. The number of benzene rings is 2. The van der Waals surface area contributed by atoms with Crippen molar-refractivity contribution in [3.8, 4) is 11.4 Å². The number of nitrogens with zero attached hydrogens (tertiary/aromatic N) is 4. The normalized spacial score (nSPS) is 18.1. The molecule has 8 heteroatoms. The van der Waals surface area contributed by atoms with Crippen LogP contribution in [0.25, 0.3) is 5.69 Å². The molecule has 3 aromatic rings. The summed E-state index contributed by atoms with van der Waals surface area (Å²) in [5, 5.41) is 24.9. The Kier molecular flexibility index (Phi) is 4.33. The smallest absolute Gasteiger partial charge is 0.251 e. The number of carbonyl (C=O) groups is 1. The number of tetrazole rings is 1. The molecule has 2 N–H and O–H groups in total. The number of hydrogen-bond acceptors (Lipinski definition) is 6. The van der Waals surface area contributed by atoms with E-state index in [1.807, 2.05) is 24.3 Å². The van der Waals surface area contributed by atoms with Crippen LogP contribution in [-0.2, 0) is 12.0 Å². The fourth-order valence-electron chi connectivity index (χ4n) is 3.46. The van der Waals surface area contributed by atoms with Gasteiger partial charge in [0.25, 0.3) is 5.91 Å². The Bertz CT molecular complexity index is 973. The summed E-state index contributed by atoms with van der Waals surface area (Å²) >= 11 is 0. The molecule has 0 spiro atoms. The summed E-state index contributed by atoms with van der Waals surface area (Å²) in [6, 6.07) is 12.8. The minimum Gasteiger partial charge on any atom is -0.494 e. The van der Waals surface area contributed by atoms with Gasteiger partial charge in [0.2, 0.25) is 0 Å². The van der Waals surface area contributed by atoms with Gasteiger partial charge in [-0.3, -0.25) is 4.79 Å². The van der Waals surface area contributed by atoms with E-state index in [0.717, 1.165) is 17.5 Å². The maximum atomic E-state index is 12.7. The summed E-state index contributed by atoms with van der Waals surface area (Å²) in [5.41, 5.74) is 1.95. The minimum absolute atomic E-state index is 0.148. The summed E-state index contributed by atoms with van der Waals surface area (Å²) in [6.07, 6.45) is 2.82. The Morgan fingerprint density at radius 3 is 2.96 bits per heavy atom. The largest absolute Gasteiger partial charge is 0.494 e. The number of ether oxygens (including phenoxy) is 1. The second-order valence-electron chi connectivity index (χ2n) is 6.51. The highest BCUT2D eigenvalue weighted by Gasteiger charge is 2.36. The Morgan fingerprint density at radius 1 is 1.33 bits per heavy atom. The van der Waals surface area contributed by atoms with Crippen molar-refractivity contribution in [3.63, 3.8) is 0 Å². The third-order valence-corrected chi connectivity index (χ3v) is 4.90. The van der Waals surface area contributed by atoms with E-state index in [2.05, 4.69) is 20.8 Å². The fourth-order valence-corrected chi connectivity index (χ4v) is 3.46. The van der Waals surface area contributed by atoms with Gasteiger partial charge in [0.15, 0.2) is 0 Å². The second-order valence-corrected chi connectivity index (χ2v) is 6.51. The predicted octanol–water partition coefficient (Wildman–Crippen LogP) is 1.23. The zero-order chi connectivity index (χ0) is 18.9. The van der Waals surface area contributed by atoms with Gasteiger partial charge in [0.05, 0.1) is 13.7 Å². The van der Waals surface area contributed by atoms with E-state index in [0.29, 0.717) is 23.4 Å². The van der Waals surface area contributed by atoms with E-state index in [9.17, 15) is 9.90 Å². The Labute approximate surface area is 155 Å². The molecule has 0 fully saturated rings. The van der Waals surface area contributed by atoms with Gasteiger partial charge >= 0.3 is 0 Å². The highest BCUT2D eigenvalue weighted by atomic mass is 16.5. The van der Waals surface area contributed by atoms with Crippen LogP contribution < -0.4 is 10.1 Å². The van der Waals surface area contributed by atoms with Gasteiger partial charge in [-0.15, -0.1) is 5.10 Å². The lowest BCUT2D eigenvalue weighted by Gasteiger charge is -2.24. The van der Waals surface area contributed by atoms with Crippen molar-refractivity contribution in [1.82, 2.24) is 25.5 Å². The van der Waals surface area contributed by atoms with E-state index < -0.39 is 5.60 Å². The monoisotopic (exact) mass is 365 g/mol. The molecule has 0 bridgehead atoms. The first-order chi connectivity index (χ1) is 13.1. The zero-order valence-electron chi connectivity index (χ0n) is 14.8. The zero-order valence-corrected chi connectivity index (χ0v) is 14.8. The third kappa shape index (κ3) is 3.15. The van der Waals surface area contributed by atoms with E-state index in [-0.39, 0.29) is 12.5 Å². The third-order valence-electron chi connectivity index (χ3n) is 4.90. The molecule has 1 amide bonds. The number of amides is 1. The summed E-state index contributed by atoms with van der Waals surface area (Å²) in [5.74, 6) is 0.256. The topological polar surface area (TPSA) is 102 Å². The summed E-state index contributed by atoms with van der Waals surface area (Å²) in [4.78, 5) is 12.7. The van der Waals surface area contributed by atoms with Gasteiger partial charge in [-0.2, -0.15) is 4.68 Å². The van der Waals surface area contributed by atoms with Crippen LogP contribution in [0.15, 0.2) is 48.8 Å². The van der Waals surface area contributed by atoms with E-state index >= 15 is 0 Å². The number of aliphatic hydroxyl groups is 1. The van der Waals surface area contributed by atoms with Crippen LogP contribution in [0, 0.1) is 0 Å². The summed E-state index contributed by atoms with van der Waals surface area (Å²) < 4.78 is 6.74. The maximum absolute atomic E-state index is 12.7. The Morgan fingerprint density at radius 2 is 2.19 bits per heavy atom. The first kappa shape index (κ1) is 17.2. The predicted molar refractivity (Wildman–Crippen MR) is 96.7 cm³/mol. The van der Waals surface area contributed by atoms with Crippen LogP contribution in [0.2, 0.25) is 0 Å². The Hall–Kier alpha value is -3.26. The van der Waals surface area contributed by atoms with Crippen molar-refractivity contribution < 1.29 is 14.6 Å². The molecule has 1 aliphatic rings. The molecule has 4 rings (SSSR count). The lowest BCUT2D eigenvalue weighted by atomic mass is 9.96. The van der Waals surface area contributed by atoms with Crippen LogP contribution in [0.4, 0.5) is 0 Å². The van der Waals surface area contributed by atoms with Gasteiger partial charge in [-0.25, -0.2) is 0 Å². The molecule has 0 saturated carbocycles. The van der Waals surface area contributed by atoms with Gasteiger partial charge in [0.1, 0.15) is 23.4 Å². The number of methoxy groups -OCH3 is 1. The molecular weight excluding hydrogens is 346 g/mol. The van der Waals surface area contributed by atoms with Crippen LogP contribution in [0.3, 0.4) is 0 Å². The molecule has 1 heterocycles. The first-order valence-corrected chi connectivity index (χ1v) is 8.61. The van der Waals surface area contributed by atoms with Crippen molar-refractivity contribution in [2.45, 2.75) is 18.4 Å². The van der Waals surface area contributed by atoms with Crippen LogP contribution in [0.1, 0.15) is 27.9 Å². The molecule has 2 aromatic carbocycles. The van der Waals surface area contributed by atoms with E-state index in [1.165, 1.54) is 18.1 Å². The number of rotatable bonds is 5. The van der Waals surface area contributed by atoms with Crippen LogP contribution in [-0.4, -0.2) is 44.9 Å². The van der Waals surface area contributed by atoms with Crippen LogP contribution in [0.5, 0.6) is 5.75 Å². The SMILES string of the molecule is COc1ccc(C(=O)NCC2(O)CCc3ccccc32)cc1-n1cnnn1. The lowest BCUT2D eigenvalue weighted by Crippen LogP contribution is -2.39. The summed E-state index contributed by atoms with van der Waals surface area (Å²) in [6.45, 7) is 0.148. The van der Waals surface area contributed by atoms with Gasteiger partial charge in [0, 0.05) is 5.56 Å². The number of nitrogens with one attached hydrogen (secondary N) is 1. The standard InChI is InChI=1S/C19H19N5O3/c1-27-17-7-6-14(10-16(17)24-12-21-22-23-24)18(25)20-11-19(26)9-8-13-4-2-3-5-15(13)19/h2-7,10,12,26H,8-9,11H2,1H3,(H,20,25). The summed E-state index contributed by atoms with van der Waals surface area (Å²) in [7, 11) is 1.54. The lowest BCUT2D eigenvalue weighted by molar-refractivity contribution is 0.0369. The van der Waals surface area contributed by atoms with Gasteiger partial charge in [-0.1, -0.05) is 24.3 Å².